The van der Waals surface area contributed by atoms with Crippen LogP contribution in [0.4, 0.5) is 0 Å². The van der Waals surface area contributed by atoms with E-state index in [1.165, 1.54) is 12.3 Å². The molecular formula is C13H19O7P. The fourth-order valence-electron chi connectivity index (χ4n) is 1.79. The minimum absolute atomic E-state index is 0.105. The summed E-state index contributed by atoms with van der Waals surface area (Å²) in [6.45, 7) is 5.27. The van der Waals surface area contributed by atoms with Crippen molar-refractivity contribution in [3.05, 3.63) is 23.7 Å². The highest BCUT2D eigenvalue weighted by Crippen LogP contribution is 2.60. The number of aldehydes is 1. The zero-order valence-electron chi connectivity index (χ0n) is 12.2. The van der Waals surface area contributed by atoms with Crippen LogP contribution in [0.25, 0.3) is 0 Å². The van der Waals surface area contributed by atoms with Crippen molar-refractivity contribution in [3.63, 3.8) is 0 Å². The predicted octanol–water partition coefficient (Wildman–Crippen LogP) is 2.96. The number of carbonyl (C=O) groups is 2. The van der Waals surface area contributed by atoms with Gasteiger partial charge in [0.05, 0.1) is 26.1 Å². The van der Waals surface area contributed by atoms with Crippen LogP contribution in [-0.4, -0.2) is 32.1 Å². The molecule has 1 rings (SSSR count). The molecule has 8 heteroatoms. The molecule has 1 atom stereocenters. The molecule has 0 N–H and O–H groups in total. The fourth-order valence-corrected chi connectivity index (χ4v) is 3.60. The molecule has 0 spiro atoms. The molecule has 118 valence electrons. The number of ether oxygens (including phenoxy) is 1. The molecule has 1 aromatic rings. The van der Waals surface area contributed by atoms with Crippen LogP contribution in [0.5, 0.6) is 0 Å². The first-order chi connectivity index (χ1) is 10.0. The minimum atomic E-state index is -3.74. The normalized spacial score (nSPS) is 12.9. The number of carbonyl (C=O) groups excluding carboxylic acids is 2. The van der Waals surface area contributed by atoms with E-state index in [0.717, 1.165) is 0 Å². The zero-order valence-corrected chi connectivity index (χ0v) is 13.1. The third-order valence-corrected chi connectivity index (χ3v) is 4.88. The number of hydrogen-bond acceptors (Lipinski definition) is 7. The molecule has 0 saturated carbocycles. The summed E-state index contributed by atoms with van der Waals surface area (Å²) in [7, 11) is -3.74. The molecule has 21 heavy (non-hydrogen) atoms. The average Bonchev–Trinajstić information content (AvgIpc) is 2.89. The lowest BCUT2D eigenvalue weighted by atomic mass is 10.2. The Balaban J connectivity index is 3.21. The third-order valence-electron chi connectivity index (χ3n) is 2.56. The van der Waals surface area contributed by atoms with Gasteiger partial charge < -0.3 is 23.0 Å². The van der Waals surface area contributed by atoms with Crippen molar-refractivity contribution in [1.29, 1.82) is 0 Å². The van der Waals surface area contributed by atoms with Crippen molar-refractivity contribution in [1.82, 2.24) is 0 Å². The summed E-state index contributed by atoms with van der Waals surface area (Å²) in [5.74, 6) is -0.905. The molecule has 0 radical (unpaired) electrons. The Kier molecular flexibility index (Phi) is 6.81. The molecule has 0 amide bonds. The molecule has 1 unspecified atom stereocenters. The van der Waals surface area contributed by atoms with E-state index in [-0.39, 0.29) is 31.1 Å². The first-order valence-electron chi connectivity index (χ1n) is 6.62. The molecule has 7 nitrogen and oxygen atoms in total. The Morgan fingerprint density at radius 2 is 1.90 bits per heavy atom. The van der Waals surface area contributed by atoms with Crippen LogP contribution in [-0.2, 0) is 23.1 Å². The quantitative estimate of drug-likeness (QED) is 0.392. The van der Waals surface area contributed by atoms with Gasteiger partial charge in [-0.2, -0.15) is 0 Å². The predicted molar refractivity (Wildman–Crippen MR) is 74.3 cm³/mol. The number of hydrogen-bond donors (Lipinski definition) is 0. The van der Waals surface area contributed by atoms with Gasteiger partial charge in [0.2, 0.25) is 5.76 Å². The van der Waals surface area contributed by atoms with Gasteiger partial charge in [-0.25, -0.2) is 4.79 Å². The second kappa shape index (κ2) is 8.12. The summed E-state index contributed by atoms with van der Waals surface area (Å²) in [6.07, 6.45) is 1.65. The number of furan rings is 1. The van der Waals surface area contributed by atoms with Crippen LogP contribution >= 0.6 is 7.60 Å². The number of rotatable bonds is 9. The molecule has 0 saturated heterocycles. The molecule has 0 fully saturated rings. The highest BCUT2D eigenvalue weighted by Gasteiger charge is 2.40. The molecule has 0 aliphatic carbocycles. The zero-order chi connectivity index (χ0) is 15.9. The second-order valence-corrected chi connectivity index (χ2v) is 6.03. The molecule has 0 bridgehead atoms. The van der Waals surface area contributed by atoms with Gasteiger partial charge in [-0.1, -0.05) is 0 Å². The van der Waals surface area contributed by atoms with E-state index in [9.17, 15) is 14.2 Å². The van der Waals surface area contributed by atoms with Gasteiger partial charge in [-0.05, 0) is 26.8 Å². The van der Waals surface area contributed by atoms with E-state index in [4.69, 9.17) is 18.2 Å². The van der Waals surface area contributed by atoms with Gasteiger partial charge >= 0.3 is 13.6 Å². The lowest BCUT2D eigenvalue weighted by Crippen LogP contribution is -2.12. The Hall–Kier alpha value is -1.43. The van der Waals surface area contributed by atoms with Crippen molar-refractivity contribution >= 4 is 19.9 Å². The topological polar surface area (TPSA) is 92.0 Å². The SMILES string of the molecule is CCOC(=O)c1occc1C(C=O)P(=O)(OCC)OCC. The standard InChI is InChI=1S/C13H19O7P/c1-4-17-13(15)12-10(7-8-18-12)11(9-14)21(16,19-5-2)20-6-3/h7-9,11H,4-6H2,1-3H3. The monoisotopic (exact) mass is 318 g/mol. The molecule has 0 aliphatic rings. The second-order valence-electron chi connectivity index (χ2n) is 3.88. The Labute approximate surface area is 123 Å². The highest BCUT2D eigenvalue weighted by atomic mass is 31.2. The smallest absolute Gasteiger partial charge is 0.374 e. The maximum Gasteiger partial charge on any atom is 0.374 e. The molecule has 0 aliphatic heterocycles. The summed E-state index contributed by atoms with van der Waals surface area (Å²) < 4.78 is 32.9. The van der Waals surface area contributed by atoms with E-state index in [1.54, 1.807) is 20.8 Å². The van der Waals surface area contributed by atoms with Crippen LogP contribution in [0.3, 0.4) is 0 Å². The summed E-state index contributed by atoms with van der Waals surface area (Å²) in [5, 5.41) is 0. The average molecular weight is 318 g/mol. The summed E-state index contributed by atoms with van der Waals surface area (Å²) in [4.78, 5) is 23.2. The van der Waals surface area contributed by atoms with Crippen LogP contribution in [0.15, 0.2) is 16.7 Å². The van der Waals surface area contributed by atoms with Crippen LogP contribution in [0.2, 0.25) is 0 Å². The van der Waals surface area contributed by atoms with E-state index < -0.39 is 19.2 Å². The van der Waals surface area contributed by atoms with Crippen LogP contribution in [0.1, 0.15) is 42.5 Å². The molecule has 1 heterocycles. The van der Waals surface area contributed by atoms with Gasteiger partial charge in [0, 0.05) is 5.56 Å². The van der Waals surface area contributed by atoms with Crippen molar-refractivity contribution in [2.45, 2.75) is 26.4 Å². The van der Waals surface area contributed by atoms with Crippen LogP contribution in [0, 0.1) is 0 Å². The first kappa shape index (κ1) is 17.6. The van der Waals surface area contributed by atoms with E-state index in [1.807, 2.05) is 0 Å². The Morgan fingerprint density at radius 1 is 1.29 bits per heavy atom. The highest BCUT2D eigenvalue weighted by molar-refractivity contribution is 7.55. The Morgan fingerprint density at radius 3 is 2.38 bits per heavy atom. The summed E-state index contributed by atoms with van der Waals surface area (Å²) in [5.41, 5.74) is -1.11. The largest absolute Gasteiger partial charge is 0.460 e. The summed E-state index contributed by atoms with van der Waals surface area (Å²) >= 11 is 0. The van der Waals surface area contributed by atoms with Crippen molar-refractivity contribution in [3.8, 4) is 0 Å². The molecule has 0 aromatic carbocycles. The van der Waals surface area contributed by atoms with Crippen LogP contribution < -0.4 is 0 Å². The van der Waals surface area contributed by atoms with Gasteiger partial charge in [0.15, 0.2) is 0 Å². The first-order valence-corrected chi connectivity index (χ1v) is 8.23. The van der Waals surface area contributed by atoms with Crippen molar-refractivity contribution in [2.24, 2.45) is 0 Å². The summed E-state index contributed by atoms with van der Waals surface area (Å²) in [6, 6.07) is 1.38. The maximum absolute atomic E-state index is 12.7. The lowest BCUT2D eigenvalue weighted by molar-refractivity contribution is -0.108. The van der Waals surface area contributed by atoms with E-state index >= 15 is 0 Å². The van der Waals surface area contributed by atoms with Gasteiger partial charge in [-0.15, -0.1) is 0 Å². The van der Waals surface area contributed by atoms with Crippen molar-refractivity contribution in [2.75, 3.05) is 19.8 Å². The minimum Gasteiger partial charge on any atom is -0.460 e. The van der Waals surface area contributed by atoms with Gasteiger partial charge in [0.1, 0.15) is 11.9 Å². The maximum atomic E-state index is 12.7. The fraction of sp³-hybridized carbons (Fsp3) is 0.538. The van der Waals surface area contributed by atoms with E-state index in [2.05, 4.69) is 0 Å². The third kappa shape index (κ3) is 4.03. The van der Waals surface area contributed by atoms with Gasteiger partial charge in [0.25, 0.3) is 0 Å². The van der Waals surface area contributed by atoms with Crippen molar-refractivity contribution < 1.29 is 32.4 Å². The van der Waals surface area contributed by atoms with E-state index in [0.29, 0.717) is 6.29 Å². The van der Waals surface area contributed by atoms with Gasteiger partial charge in [-0.3, -0.25) is 4.57 Å². The molecular weight excluding hydrogens is 299 g/mol. The lowest BCUT2D eigenvalue weighted by Gasteiger charge is -2.22. The number of esters is 1. The Bertz CT molecular complexity index is 512. The molecule has 1 aromatic heterocycles.